The first-order chi connectivity index (χ1) is 10.1. The number of benzene rings is 1. The topological polar surface area (TPSA) is 92.4 Å². The van der Waals surface area contributed by atoms with Crippen molar-refractivity contribution in [2.45, 2.75) is 13.3 Å². The van der Waals surface area contributed by atoms with E-state index in [0.29, 0.717) is 12.1 Å². The van der Waals surface area contributed by atoms with E-state index in [0.717, 1.165) is 5.56 Å². The lowest BCUT2D eigenvalue weighted by molar-refractivity contribution is -0.141. The average molecular weight is 288 g/mol. The van der Waals surface area contributed by atoms with Gasteiger partial charge in [-0.2, -0.15) is 0 Å². The van der Waals surface area contributed by atoms with Crippen LogP contribution < -0.4 is 5.32 Å². The van der Waals surface area contributed by atoms with Crippen LogP contribution in [0.5, 0.6) is 0 Å². The lowest BCUT2D eigenvalue weighted by atomic mass is 10.1. The van der Waals surface area contributed by atoms with Gasteiger partial charge in [-0.25, -0.2) is 0 Å². The minimum absolute atomic E-state index is 0.108. The molecule has 0 bridgehead atoms. The summed E-state index contributed by atoms with van der Waals surface area (Å²) in [6.45, 7) is 1.87. The largest absolute Gasteiger partial charge is 0.481 e. The number of amides is 1. The minimum atomic E-state index is -0.879. The molecule has 1 atom stereocenters. The SMILES string of the molecule is CC(CCNC(=O)c1cc(-c2ccccc2)no1)C(=O)O. The van der Waals surface area contributed by atoms with Gasteiger partial charge in [0.15, 0.2) is 0 Å². The Morgan fingerprint density at radius 1 is 1.33 bits per heavy atom. The zero-order chi connectivity index (χ0) is 15.2. The number of nitrogens with zero attached hydrogens (tertiary/aromatic N) is 1. The Balaban J connectivity index is 1.92. The van der Waals surface area contributed by atoms with Gasteiger partial charge in [0.25, 0.3) is 5.91 Å². The van der Waals surface area contributed by atoms with Gasteiger partial charge < -0.3 is 14.9 Å². The molecule has 110 valence electrons. The highest BCUT2D eigenvalue weighted by atomic mass is 16.5. The zero-order valence-electron chi connectivity index (χ0n) is 11.6. The maximum Gasteiger partial charge on any atom is 0.306 e. The predicted molar refractivity (Wildman–Crippen MR) is 75.7 cm³/mol. The predicted octanol–water partition coefficient (Wildman–Crippen LogP) is 2.18. The Hall–Kier alpha value is -2.63. The Morgan fingerprint density at radius 3 is 2.71 bits per heavy atom. The van der Waals surface area contributed by atoms with E-state index in [1.165, 1.54) is 0 Å². The summed E-state index contributed by atoms with van der Waals surface area (Å²) in [4.78, 5) is 22.5. The second-order valence-corrected chi connectivity index (χ2v) is 4.73. The molecule has 0 aliphatic heterocycles. The first-order valence-corrected chi connectivity index (χ1v) is 6.61. The molecular formula is C15H16N2O4. The van der Waals surface area contributed by atoms with Crippen LogP contribution in [0.15, 0.2) is 40.9 Å². The Labute approximate surface area is 121 Å². The molecule has 0 fully saturated rings. The molecule has 6 nitrogen and oxygen atoms in total. The van der Waals surface area contributed by atoms with Crippen LogP contribution in [0.4, 0.5) is 0 Å². The zero-order valence-corrected chi connectivity index (χ0v) is 11.6. The summed E-state index contributed by atoms with van der Waals surface area (Å²) in [5.41, 5.74) is 1.44. The molecule has 2 N–H and O–H groups in total. The number of aliphatic carboxylic acids is 1. The van der Waals surface area contributed by atoms with Gasteiger partial charge in [0.05, 0.1) is 5.92 Å². The van der Waals surface area contributed by atoms with Gasteiger partial charge in [-0.3, -0.25) is 9.59 Å². The number of aromatic nitrogens is 1. The normalized spacial score (nSPS) is 11.9. The number of nitrogens with one attached hydrogen (secondary N) is 1. The van der Waals surface area contributed by atoms with Crippen molar-refractivity contribution in [1.82, 2.24) is 10.5 Å². The number of carboxylic acids is 1. The van der Waals surface area contributed by atoms with Gasteiger partial charge in [-0.05, 0) is 6.42 Å². The van der Waals surface area contributed by atoms with Crippen LogP contribution >= 0.6 is 0 Å². The van der Waals surface area contributed by atoms with Crippen molar-refractivity contribution in [3.05, 3.63) is 42.2 Å². The van der Waals surface area contributed by atoms with Crippen molar-refractivity contribution < 1.29 is 19.2 Å². The van der Waals surface area contributed by atoms with E-state index in [1.54, 1.807) is 13.0 Å². The van der Waals surface area contributed by atoms with E-state index in [1.807, 2.05) is 30.3 Å². The molecule has 6 heteroatoms. The summed E-state index contributed by atoms with van der Waals surface area (Å²) in [7, 11) is 0. The molecule has 1 unspecified atom stereocenters. The van der Waals surface area contributed by atoms with Crippen molar-refractivity contribution >= 4 is 11.9 Å². The van der Waals surface area contributed by atoms with E-state index >= 15 is 0 Å². The van der Waals surface area contributed by atoms with E-state index < -0.39 is 17.8 Å². The van der Waals surface area contributed by atoms with Gasteiger partial charge in [-0.1, -0.05) is 42.4 Å². The molecule has 0 saturated carbocycles. The highest BCUT2D eigenvalue weighted by Crippen LogP contribution is 2.18. The van der Waals surface area contributed by atoms with Crippen LogP contribution in [0.2, 0.25) is 0 Å². The lowest BCUT2D eigenvalue weighted by Crippen LogP contribution is -2.26. The fourth-order valence-electron chi connectivity index (χ4n) is 1.74. The second kappa shape index (κ2) is 6.69. The molecule has 0 aliphatic rings. The van der Waals surface area contributed by atoms with Crippen LogP contribution in [0.3, 0.4) is 0 Å². The maximum absolute atomic E-state index is 11.8. The number of rotatable bonds is 6. The Morgan fingerprint density at radius 2 is 2.05 bits per heavy atom. The molecule has 1 heterocycles. The van der Waals surface area contributed by atoms with Crippen molar-refractivity contribution in [1.29, 1.82) is 0 Å². The van der Waals surface area contributed by atoms with E-state index in [-0.39, 0.29) is 12.3 Å². The Kier molecular flexibility index (Phi) is 4.71. The van der Waals surface area contributed by atoms with Gasteiger partial charge >= 0.3 is 5.97 Å². The third kappa shape index (κ3) is 3.92. The van der Waals surface area contributed by atoms with Crippen molar-refractivity contribution in [2.24, 2.45) is 5.92 Å². The fraction of sp³-hybridized carbons (Fsp3) is 0.267. The van der Waals surface area contributed by atoms with Crippen molar-refractivity contribution in [3.8, 4) is 11.3 Å². The van der Waals surface area contributed by atoms with Crippen molar-refractivity contribution in [3.63, 3.8) is 0 Å². The summed E-state index contributed by atoms with van der Waals surface area (Å²) in [5, 5.41) is 15.2. The summed E-state index contributed by atoms with van der Waals surface area (Å²) in [6.07, 6.45) is 0.362. The van der Waals surface area contributed by atoms with Crippen LogP contribution in [0, 0.1) is 5.92 Å². The van der Waals surface area contributed by atoms with Gasteiger partial charge in [0.1, 0.15) is 5.69 Å². The molecule has 0 spiro atoms. The van der Waals surface area contributed by atoms with Crippen LogP contribution in [-0.2, 0) is 4.79 Å². The molecule has 21 heavy (non-hydrogen) atoms. The lowest BCUT2D eigenvalue weighted by Gasteiger charge is -2.05. The standard InChI is InChI=1S/C15H16N2O4/c1-10(15(19)20)7-8-16-14(18)13-9-12(17-21-13)11-5-3-2-4-6-11/h2-6,9-10H,7-8H2,1H3,(H,16,18)(H,19,20). The summed E-state index contributed by atoms with van der Waals surface area (Å²) in [6, 6.07) is 10.9. The van der Waals surface area contributed by atoms with E-state index in [4.69, 9.17) is 9.63 Å². The number of carbonyl (C=O) groups is 2. The van der Waals surface area contributed by atoms with Gasteiger partial charge in [0.2, 0.25) is 5.76 Å². The van der Waals surface area contributed by atoms with Crippen LogP contribution in [0.25, 0.3) is 11.3 Å². The number of carboxylic acid groups (broad SMARTS) is 1. The number of carbonyl (C=O) groups excluding carboxylic acids is 1. The third-order valence-corrected chi connectivity index (χ3v) is 3.09. The molecular weight excluding hydrogens is 272 g/mol. The molecule has 2 rings (SSSR count). The molecule has 0 saturated heterocycles. The highest BCUT2D eigenvalue weighted by molar-refractivity contribution is 5.92. The smallest absolute Gasteiger partial charge is 0.306 e. The van der Waals surface area contributed by atoms with Crippen molar-refractivity contribution in [2.75, 3.05) is 6.54 Å². The van der Waals surface area contributed by atoms with E-state index in [9.17, 15) is 9.59 Å². The molecule has 1 amide bonds. The highest BCUT2D eigenvalue weighted by Gasteiger charge is 2.15. The fourth-order valence-corrected chi connectivity index (χ4v) is 1.74. The van der Waals surface area contributed by atoms with Crippen LogP contribution in [-0.4, -0.2) is 28.7 Å². The average Bonchev–Trinajstić information content (AvgIpc) is 2.97. The first-order valence-electron chi connectivity index (χ1n) is 6.61. The molecule has 0 radical (unpaired) electrons. The summed E-state index contributed by atoms with van der Waals surface area (Å²) in [5.74, 6) is -1.67. The second-order valence-electron chi connectivity index (χ2n) is 4.73. The summed E-state index contributed by atoms with van der Waals surface area (Å²) >= 11 is 0. The number of hydrogen-bond donors (Lipinski definition) is 2. The van der Waals surface area contributed by atoms with Gasteiger partial charge in [-0.15, -0.1) is 0 Å². The summed E-state index contributed by atoms with van der Waals surface area (Å²) < 4.78 is 5.01. The monoisotopic (exact) mass is 288 g/mol. The van der Waals surface area contributed by atoms with E-state index in [2.05, 4.69) is 10.5 Å². The quantitative estimate of drug-likeness (QED) is 0.850. The molecule has 2 aromatic rings. The third-order valence-electron chi connectivity index (χ3n) is 3.09. The maximum atomic E-state index is 11.8. The molecule has 1 aromatic carbocycles. The first kappa shape index (κ1) is 14.8. The van der Waals surface area contributed by atoms with Gasteiger partial charge in [0, 0.05) is 18.2 Å². The minimum Gasteiger partial charge on any atom is -0.481 e. The molecule has 0 aliphatic carbocycles. The number of hydrogen-bond acceptors (Lipinski definition) is 4. The van der Waals surface area contributed by atoms with Crippen LogP contribution in [0.1, 0.15) is 23.9 Å². The Bertz CT molecular complexity index is 622. The molecule has 1 aromatic heterocycles.